The van der Waals surface area contributed by atoms with E-state index in [0.29, 0.717) is 5.92 Å². The van der Waals surface area contributed by atoms with Gasteiger partial charge >= 0.3 is 0 Å². The molecule has 8 aromatic rings. The van der Waals surface area contributed by atoms with Gasteiger partial charge in [-0.1, -0.05) is 116 Å². The lowest BCUT2D eigenvalue weighted by molar-refractivity contribution is 0.669. The van der Waals surface area contributed by atoms with Gasteiger partial charge in [0.1, 0.15) is 11.2 Å². The summed E-state index contributed by atoms with van der Waals surface area (Å²) in [7, 11) is 0. The Morgan fingerprint density at radius 3 is 2.14 bits per heavy atom. The van der Waals surface area contributed by atoms with E-state index in [-0.39, 0.29) is 0 Å². The molecule has 0 bridgehead atoms. The first kappa shape index (κ1) is 23.6. The fourth-order valence-corrected chi connectivity index (χ4v) is 7.43. The van der Waals surface area contributed by atoms with Crippen molar-refractivity contribution in [1.82, 2.24) is 0 Å². The van der Waals surface area contributed by atoms with Gasteiger partial charge in [0.2, 0.25) is 0 Å². The lowest BCUT2D eigenvalue weighted by atomic mass is 9.78. The summed E-state index contributed by atoms with van der Waals surface area (Å²) >= 11 is 0. The van der Waals surface area contributed by atoms with Crippen LogP contribution in [0.25, 0.3) is 77.0 Å². The molecule has 0 spiro atoms. The molecule has 42 heavy (non-hydrogen) atoms. The van der Waals surface area contributed by atoms with E-state index in [0.717, 1.165) is 23.0 Å². The van der Waals surface area contributed by atoms with E-state index < -0.39 is 0 Å². The van der Waals surface area contributed by atoms with Crippen LogP contribution in [0.4, 0.5) is 0 Å². The average molecular weight is 537 g/mol. The number of fused-ring (bicyclic) bond motifs is 8. The molecule has 1 heteroatoms. The molecule has 1 aromatic heterocycles. The van der Waals surface area contributed by atoms with E-state index in [1.165, 1.54) is 71.1 Å². The summed E-state index contributed by atoms with van der Waals surface area (Å²) in [6.45, 7) is 2.36. The van der Waals surface area contributed by atoms with Crippen molar-refractivity contribution in [1.29, 1.82) is 0 Å². The Morgan fingerprint density at radius 1 is 0.548 bits per heavy atom. The highest BCUT2D eigenvalue weighted by atomic mass is 16.3. The summed E-state index contributed by atoms with van der Waals surface area (Å²) in [5.41, 5.74) is 9.88. The number of rotatable bonds is 2. The van der Waals surface area contributed by atoms with Crippen LogP contribution < -0.4 is 0 Å². The number of benzene rings is 7. The second kappa shape index (κ2) is 8.93. The first-order valence-electron chi connectivity index (χ1n) is 14.8. The first-order chi connectivity index (χ1) is 20.7. The van der Waals surface area contributed by atoms with Crippen molar-refractivity contribution in [3.05, 3.63) is 144 Å². The minimum absolute atomic E-state index is 0.452. The van der Waals surface area contributed by atoms with Crippen LogP contribution in [0.15, 0.2) is 132 Å². The molecule has 1 atom stereocenters. The molecule has 0 amide bonds. The predicted octanol–water partition coefficient (Wildman–Crippen LogP) is 11.8. The summed E-state index contributed by atoms with van der Waals surface area (Å²) in [5.74, 6) is 0.452. The van der Waals surface area contributed by atoms with Crippen LogP contribution in [-0.2, 0) is 0 Å². The van der Waals surface area contributed by atoms with Crippen LogP contribution in [0.1, 0.15) is 36.0 Å². The molecule has 0 saturated heterocycles. The van der Waals surface area contributed by atoms with E-state index in [9.17, 15) is 0 Å². The molecule has 1 heterocycles. The van der Waals surface area contributed by atoms with Crippen molar-refractivity contribution in [2.75, 3.05) is 0 Å². The van der Waals surface area contributed by atoms with Gasteiger partial charge in [-0.2, -0.15) is 0 Å². The second-order valence-corrected chi connectivity index (χ2v) is 11.7. The Morgan fingerprint density at radius 2 is 1.26 bits per heavy atom. The number of hydrogen-bond acceptors (Lipinski definition) is 1. The highest BCUT2D eigenvalue weighted by Crippen LogP contribution is 2.49. The normalized spacial score (nSPS) is 15.1. The predicted molar refractivity (Wildman–Crippen MR) is 179 cm³/mol. The number of hydrogen-bond donors (Lipinski definition) is 0. The zero-order valence-electron chi connectivity index (χ0n) is 23.4. The molecule has 1 aliphatic rings. The van der Waals surface area contributed by atoms with Crippen molar-refractivity contribution in [3.8, 4) is 11.1 Å². The van der Waals surface area contributed by atoms with Crippen LogP contribution in [-0.4, -0.2) is 0 Å². The molecular formula is C41H28O. The third-order valence-electron chi connectivity index (χ3n) is 9.27. The van der Waals surface area contributed by atoms with Gasteiger partial charge in [-0.25, -0.2) is 0 Å². The van der Waals surface area contributed by atoms with Crippen LogP contribution in [0.5, 0.6) is 0 Å². The Hall–Kier alpha value is -5.14. The Kier molecular flexibility index (Phi) is 5.01. The summed E-state index contributed by atoms with van der Waals surface area (Å²) in [4.78, 5) is 0. The lowest BCUT2D eigenvalue weighted by Crippen LogP contribution is -2.05. The topological polar surface area (TPSA) is 13.1 Å². The van der Waals surface area contributed by atoms with E-state index in [2.05, 4.69) is 140 Å². The van der Waals surface area contributed by atoms with Crippen molar-refractivity contribution < 1.29 is 4.42 Å². The van der Waals surface area contributed by atoms with Crippen LogP contribution in [0.3, 0.4) is 0 Å². The van der Waals surface area contributed by atoms with Gasteiger partial charge in [-0.3, -0.25) is 0 Å². The molecule has 1 nitrogen and oxygen atoms in total. The summed E-state index contributed by atoms with van der Waals surface area (Å²) in [6.07, 6.45) is 3.44. The van der Waals surface area contributed by atoms with Gasteiger partial charge in [0, 0.05) is 16.2 Å². The fraction of sp³-hybridized carbons (Fsp3) is 0.0732. The monoisotopic (exact) mass is 536 g/mol. The third-order valence-corrected chi connectivity index (χ3v) is 9.27. The van der Waals surface area contributed by atoms with Crippen molar-refractivity contribution in [2.45, 2.75) is 19.3 Å². The zero-order valence-corrected chi connectivity index (χ0v) is 23.4. The summed E-state index contributed by atoms with van der Waals surface area (Å²) in [5, 5.41) is 10.0. The van der Waals surface area contributed by atoms with Crippen LogP contribution in [0.2, 0.25) is 0 Å². The molecule has 0 saturated carbocycles. The average Bonchev–Trinajstić information content (AvgIpc) is 3.42. The van der Waals surface area contributed by atoms with E-state index in [1.54, 1.807) is 0 Å². The fourth-order valence-electron chi connectivity index (χ4n) is 7.43. The SMILES string of the molecule is CC1CC(c2c3ccccc3c(-c3ccc4ccccc4c3)c3c2ccc2oc4ccccc4c23)=Cc2ccccc21. The third kappa shape index (κ3) is 3.37. The lowest BCUT2D eigenvalue weighted by Gasteiger charge is -2.26. The molecule has 1 unspecified atom stereocenters. The largest absolute Gasteiger partial charge is 0.456 e. The van der Waals surface area contributed by atoms with E-state index in [1.807, 2.05) is 0 Å². The van der Waals surface area contributed by atoms with Crippen molar-refractivity contribution in [2.24, 2.45) is 0 Å². The van der Waals surface area contributed by atoms with Gasteiger partial charge in [0.25, 0.3) is 0 Å². The second-order valence-electron chi connectivity index (χ2n) is 11.7. The molecule has 0 fully saturated rings. The minimum Gasteiger partial charge on any atom is -0.456 e. The molecule has 0 N–H and O–H groups in total. The van der Waals surface area contributed by atoms with Gasteiger partial charge in [0.15, 0.2) is 0 Å². The van der Waals surface area contributed by atoms with Gasteiger partial charge < -0.3 is 4.42 Å². The summed E-state index contributed by atoms with van der Waals surface area (Å²) in [6, 6.07) is 46.4. The smallest absolute Gasteiger partial charge is 0.136 e. The Labute approximate surface area is 244 Å². The van der Waals surface area contributed by atoms with Gasteiger partial charge in [-0.05, 0) is 96.9 Å². The highest BCUT2D eigenvalue weighted by Gasteiger charge is 2.25. The maximum absolute atomic E-state index is 6.47. The van der Waals surface area contributed by atoms with Gasteiger partial charge in [-0.15, -0.1) is 0 Å². The van der Waals surface area contributed by atoms with Gasteiger partial charge in [0.05, 0.1) is 0 Å². The molecular weight excluding hydrogens is 508 g/mol. The standard InChI is InChI=1S/C41H28O/c1-25-22-30(24-28-12-4-5-13-31(25)28)38-32-14-6-7-15-33(32)39(29-19-18-26-10-2-3-11-27(26)23-29)41-35(38)20-21-37-40(41)34-16-8-9-17-36(34)42-37/h2-21,23-25H,22H2,1H3. The number of allylic oxidation sites excluding steroid dienone is 1. The Balaban J connectivity index is 1.50. The summed E-state index contributed by atoms with van der Waals surface area (Å²) < 4.78 is 6.47. The van der Waals surface area contributed by atoms with E-state index in [4.69, 9.17) is 4.42 Å². The first-order valence-corrected chi connectivity index (χ1v) is 14.8. The maximum atomic E-state index is 6.47. The molecule has 9 rings (SSSR count). The maximum Gasteiger partial charge on any atom is 0.136 e. The van der Waals surface area contributed by atoms with Crippen molar-refractivity contribution >= 4 is 65.9 Å². The van der Waals surface area contributed by atoms with Crippen molar-refractivity contribution in [3.63, 3.8) is 0 Å². The van der Waals surface area contributed by atoms with E-state index >= 15 is 0 Å². The molecule has 0 radical (unpaired) electrons. The molecule has 7 aromatic carbocycles. The molecule has 1 aliphatic carbocycles. The van der Waals surface area contributed by atoms with Crippen LogP contribution in [0, 0.1) is 0 Å². The minimum atomic E-state index is 0.452. The number of para-hydroxylation sites is 1. The zero-order chi connectivity index (χ0) is 27.8. The Bertz CT molecular complexity index is 2400. The quantitative estimate of drug-likeness (QED) is 0.200. The molecule has 198 valence electrons. The molecule has 0 aliphatic heterocycles. The van der Waals surface area contributed by atoms with Crippen LogP contribution >= 0.6 is 0 Å². The number of furan rings is 1. The highest BCUT2D eigenvalue weighted by molar-refractivity contribution is 6.30.